The fourth-order valence-electron chi connectivity index (χ4n) is 2.94. The number of aliphatic imine (C=N–C) groups is 2. The predicted molar refractivity (Wildman–Crippen MR) is 108 cm³/mol. The molecule has 1 N–H and O–H groups in total. The molecule has 0 spiro atoms. The van der Waals surface area contributed by atoms with Gasteiger partial charge in [0, 0.05) is 11.1 Å². The van der Waals surface area contributed by atoms with Crippen LogP contribution < -0.4 is 5.32 Å². The molecule has 3 heteroatoms. The molecular formula is C23H21N3. The Morgan fingerprint density at radius 3 is 1.54 bits per heavy atom. The van der Waals surface area contributed by atoms with E-state index in [9.17, 15) is 0 Å². The summed E-state index contributed by atoms with van der Waals surface area (Å²) in [7, 11) is 0. The molecule has 128 valence electrons. The fourth-order valence-corrected chi connectivity index (χ4v) is 2.94. The molecule has 3 aromatic rings. The minimum absolute atomic E-state index is 0.245. The average Bonchev–Trinajstić information content (AvgIpc) is 2.69. The summed E-state index contributed by atoms with van der Waals surface area (Å²) in [6.45, 7) is 4.18. The highest BCUT2D eigenvalue weighted by atomic mass is 15.2. The van der Waals surface area contributed by atoms with Crippen molar-refractivity contribution in [1.29, 1.82) is 0 Å². The first-order valence-electron chi connectivity index (χ1n) is 8.81. The Labute approximate surface area is 154 Å². The van der Waals surface area contributed by atoms with E-state index in [0.29, 0.717) is 0 Å². The van der Waals surface area contributed by atoms with Gasteiger partial charge in [-0.3, -0.25) is 0 Å². The number of benzene rings is 3. The Kier molecular flexibility index (Phi) is 4.36. The molecule has 3 nitrogen and oxygen atoms in total. The maximum Gasteiger partial charge on any atom is 0.169 e. The lowest BCUT2D eigenvalue weighted by Crippen LogP contribution is -2.36. The van der Waals surface area contributed by atoms with E-state index in [1.54, 1.807) is 0 Å². The van der Waals surface area contributed by atoms with Gasteiger partial charge >= 0.3 is 0 Å². The average molecular weight is 339 g/mol. The Bertz CT molecular complexity index is 891. The maximum atomic E-state index is 4.86. The molecule has 0 bridgehead atoms. The Hall–Kier alpha value is -3.20. The Morgan fingerprint density at radius 2 is 1.08 bits per heavy atom. The summed E-state index contributed by atoms with van der Waals surface area (Å²) in [6, 6.07) is 27.0. The molecule has 0 aromatic heterocycles. The van der Waals surface area contributed by atoms with Gasteiger partial charge in [-0.15, -0.1) is 0 Å². The highest BCUT2D eigenvalue weighted by molar-refractivity contribution is 6.15. The summed E-state index contributed by atoms with van der Waals surface area (Å²) in [5.74, 6) is 1.70. The molecule has 0 unspecified atom stereocenters. The monoisotopic (exact) mass is 339 g/mol. The fraction of sp³-hybridized carbons (Fsp3) is 0.130. The molecule has 0 atom stereocenters. The number of hydrogen-bond donors (Lipinski definition) is 1. The van der Waals surface area contributed by atoms with Crippen molar-refractivity contribution in [3.63, 3.8) is 0 Å². The summed E-state index contributed by atoms with van der Waals surface area (Å²) in [5, 5.41) is 3.42. The largest absolute Gasteiger partial charge is 0.324 e. The van der Waals surface area contributed by atoms with E-state index in [1.807, 2.05) is 18.2 Å². The van der Waals surface area contributed by atoms with Crippen LogP contribution in [0.5, 0.6) is 0 Å². The van der Waals surface area contributed by atoms with Gasteiger partial charge in [-0.25, -0.2) is 9.98 Å². The second-order valence-corrected chi connectivity index (χ2v) is 6.60. The van der Waals surface area contributed by atoms with Gasteiger partial charge < -0.3 is 5.32 Å². The van der Waals surface area contributed by atoms with Crippen molar-refractivity contribution in [1.82, 2.24) is 5.32 Å². The number of hydrogen-bond acceptors (Lipinski definition) is 3. The van der Waals surface area contributed by atoms with E-state index < -0.39 is 0 Å². The lowest BCUT2D eigenvalue weighted by molar-refractivity contribution is 0.756. The van der Waals surface area contributed by atoms with Gasteiger partial charge in [-0.1, -0.05) is 90.0 Å². The number of nitrogens with zero attached hydrogens (tertiary/aromatic N) is 2. The van der Waals surface area contributed by atoms with Crippen LogP contribution in [0.3, 0.4) is 0 Å². The van der Waals surface area contributed by atoms with Crippen molar-refractivity contribution in [3.05, 3.63) is 107 Å². The van der Waals surface area contributed by atoms with Crippen molar-refractivity contribution in [2.45, 2.75) is 20.0 Å². The van der Waals surface area contributed by atoms with E-state index in [0.717, 1.165) is 28.4 Å². The van der Waals surface area contributed by atoms with Crippen LogP contribution >= 0.6 is 0 Å². The number of nitrogens with one attached hydrogen (secondary N) is 1. The molecule has 4 rings (SSSR count). The molecule has 0 amide bonds. The Morgan fingerprint density at radius 1 is 0.615 bits per heavy atom. The third-order valence-corrected chi connectivity index (χ3v) is 4.49. The summed E-state index contributed by atoms with van der Waals surface area (Å²) >= 11 is 0. The zero-order valence-electron chi connectivity index (χ0n) is 15.0. The predicted octanol–water partition coefficient (Wildman–Crippen LogP) is 4.80. The van der Waals surface area contributed by atoms with Crippen LogP contribution in [0.2, 0.25) is 0 Å². The SMILES string of the molecule is Cc1ccc(C2=NC(c3ccccc3)N=C(c3ccc(C)cc3)N2)cc1. The van der Waals surface area contributed by atoms with E-state index >= 15 is 0 Å². The van der Waals surface area contributed by atoms with Crippen LogP contribution in [0.15, 0.2) is 88.8 Å². The first-order valence-corrected chi connectivity index (χ1v) is 8.81. The molecule has 0 saturated heterocycles. The topological polar surface area (TPSA) is 36.8 Å². The van der Waals surface area contributed by atoms with Crippen molar-refractivity contribution >= 4 is 11.7 Å². The van der Waals surface area contributed by atoms with E-state index in [2.05, 4.69) is 79.8 Å². The van der Waals surface area contributed by atoms with Crippen LogP contribution in [-0.4, -0.2) is 11.7 Å². The summed E-state index contributed by atoms with van der Waals surface area (Å²) in [5.41, 5.74) is 5.68. The third kappa shape index (κ3) is 3.42. The van der Waals surface area contributed by atoms with Crippen molar-refractivity contribution in [3.8, 4) is 0 Å². The molecule has 0 fully saturated rings. The number of rotatable bonds is 3. The molecular weight excluding hydrogens is 318 g/mol. The molecule has 0 radical (unpaired) electrons. The summed E-state index contributed by atoms with van der Waals surface area (Å²) in [6.07, 6.45) is -0.245. The molecule has 26 heavy (non-hydrogen) atoms. The van der Waals surface area contributed by atoms with Crippen LogP contribution in [-0.2, 0) is 0 Å². The molecule has 1 aliphatic rings. The highest BCUT2D eigenvalue weighted by Crippen LogP contribution is 2.24. The van der Waals surface area contributed by atoms with Crippen LogP contribution in [0.1, 0.15) is 34.0 Å². The zero-order chi connectivity index (χ0) is 17.9. The van der Waals surface area contributed by atoms with Gasteiger partial charge in [0.15, 0.2) is 6.17 Å². The first kappa shape index (κ1) is 16.3. The minimum Gasteiger partial charge on any atom is -0.324 e. The van der Waals surface area contributed by atoms with Gasteiger partial charge in [0.1, 0.15) is 11.7 Å². The second kappa shape index (κ2) is 6.96. The summed E-state index contributed by atoms with van der Waals surface area (Å²) < 4.78 is 0. The third-order valence-electron chi connectivity index (χ3n) is 4.49. The van der Waals surface area contributed by atoms with Gasteiger partial charge in [-0.05, 0) is 19.4 Å². The van der Waals surface area contributed by atoms with Crippen LogP contribution in [0, 0.1) is 13.8 Å². The standard InChI is InChI=1S/C23H21N3/c1-16-8-12-19(13-9-16)22-24-21(18-6-4-3-5-7-18)25-23(26-22)20-14-10-17(2)11-15-20/h3-15,21H,1-2H3,(H,24,25,26). The smallest absolute Gasteiger partial charge is 0.169 e. The summed E-state index contributed by atoms with van der Waals surface area (Å²) in [4.78, 5) is 9.73. The van der Waals surface area contributed by atoms with Crippen molar-refractivity contribution in [2.75, 3.05) is 0 Å². The lowest BCUT2D eigenvalue weighted by atomic mass is 10.1. The van der Waals surface area contributed by atoms with Crippen LogP contribution in [0.4, 0.5) is 0 Å². The normalized spacial score (nSPS) is 14.4. The molecule has 3 aromatic carbocycles. The van der Waals surface area contributed by atoms with Gasteiger partial charge in [0.25, 0.3) is 0 Å². The molecule has 0 aliphatic carbocycles. The molecule has 0 saturated carbocycles. The second-order valence-electron chi connectivity index (χ2n) is 6.60. The lowest BCUT2D eigenvalue weighted by Gasteiger charge is -2.22. The Balaban J connectivity index is 1.76. The first-order chi connectivity index (χ1) is 12.7. The van der Waals surface area contributed by atoms with E-state index in [4.69, 9.17) is 9.98 Å². The van der Waals surface area contributed by atoms with Gasteiger partial charge in [-0.2, -0.15) is 0 Å². The highest BCUT2D eigenvalue weighted by Gasteiger charge is 2.20. The quantitative estimate of drug-likeness (QED) is 0.731. The number of aryl methyl sites for hydroxylation is 2. The van der Waals surface area contributed by atoms with Crippen LogP contribution in [0.25, 0.3) is 0 Å². The molecule has 1 heterocycles. The van der Waals surface area contributed by atoms with E-state index in [-0.39, 0.29) is 6.17 Å². The minimum atomic E-state index is -0.245. The van der Waals surface area contributed by atoms with E-state index in [1.165, 1.54) is 11.1 Å². The van der Waals surface area contributed by atoms with Gasteiger partial charge in [0.2, 0.25) is 0 Å². The zero-order valence-corrected chi connectivity index (χ0v) is 15.0. The number of amidine groups is 2. The van der Waals surface area contributed by atoms with Gasteiger partial charge in [0.05, 0.1) is 0 Å². The molecule has 1 aliphatic heterocycles. The van der Waals surface area contributed by atoms with Crippen molar-refractivity contribution < 1.29 is 0 Å². The van der Waals surface area contributed by atoms with Crippen molar-refractivity contribution in [2.24, 2.45) is 9.98 Å². The maximum absolute atomic E-state index is 4.86.